The van der Waals surface area contributed by atoms with E-state index in [0.717, 1.165) is 37.9 Å². The molecular formula is C36H61N3O8S2. The summed E-state index contributed by atoms with van der Waals surface area (Å²) in [4.78, 5) is 4.35. The standard InChI is InChI=1S/C35H57N3O5S.CH4O3S/c1-3-4-5-6-7-8-9-10-11-12-13-15-18-21-31-27-33(37-43-31)40-29-32(41-34-26-30(2)42-38-34)28-39-24-20-17-14-16-19-22-35-36-23-25-44-35;1-5(2,3)4/h23,25-27,32H,3-22,24,28-29H2,1-2H3;1H3,(H,2,3,4). The highest BCUT2D eigenvalue weighted by molar-refractivity contribution is 7.85. The van der Waals surface area contributed by atoms with Crippen LogP contribution < -0.4 is 9.47 Å². The lowest BCUT2D eigenvalue weighted by Crippen LogP contribution is -2.30. The van der Waals surface area contributed by atoms with Gasteiger partial charge in [0.1, 0.15) is 18.1 Å². The molecule has 0 aromatic carbocycles. The Bertz CT molecular complexity index is 1270. The molecule has 0 aliphatic heterocycles. The second-order valence-electron chi connectivity index (χ2n) is 12.7. The summed E-state index contributed by atoms with van der Waals surface area (Å²) in [5.41, 5.74) is 0. The first-order chi connectivity index (χ1) is 23.7. The monoisotopic (exact) mass is 727 g/mol. The van der Waals surface area contributed by atoms with Gasteiger partial charge in [-0.15, -0.1) is 11.3 Å². The lowest BCUT2D eigenvalue weighted by molar-refractivity contribution is 0.0193. The molecule has 1 atom stereocenters. The smallest absolute Gasteiger partial charge is 0.261 e. The van der Waals surface area contributed by atoms with Gasteiger partial charge < -0.3 is 23.3 Å². The molecule has 0 spiro atoms. The van der Waals surface area contributed by atoms with Crippen LogP contribution >= 0.6 is 11.3 Å². The molecule has 0 bridgehead atoms. The molecule has 11 nitrogen and oxygen atoms in total. The average molecular weight is 728 g/mol. The minimum absolute atomic E-state index is 0.285. The van der Waals surface area contributed by atoms with Crippen molar-refractivity contribution in [3.8, 4) is 11.8 Å². The summed E-state index contributed by atoms with van der Waals surface area (Å²) in [6.07, 6.45) is 27.6. The van der Waals surface area contributed by atoms with Gasteiger partial charge in [0.05, 0.1) is 17.9 Å². The first-order valence-corrected chi connectivity index (χ1v) is 21.0. The molecule has 0 aliphatic rings. The van der Waals surface area contributed by atoms with Crippen LogP contribution in [0.5, 0.6) is 11.8 Å². The largest absolute Gasteiger partial charge is 0.471 e. The molecule has 0 fully saturated rings. The number of unbranched alkanes of at least 4 members (excludes halogenated alkanes) is 16. The SMILES string of the molecule is CCCCCCCCCCCCCCCc1cc(OCC(COCCCCCCCc2nccs2)Oc2cc(C)on2)no1.CS(=O)(=O)O. The molecular weight excluding hydrogens is 667 g/mol. The molecule has 3 rings (SSSR count). The molecule has 1 unspecified atom stereocenters. The highest BCUT2D eigenvalue weighted by Crippen LogP contribution is 2.18. The molecule has 0 aliphatic carbocycles. The van der Waals surface area contributed by atoms with Crippen molar-refractivity contribution in [3.05, 3.63) is 40.2 Å². The van der Waals surface area contributed by atoms with Crippen LogP contribution in [0, 0.1) is 6.92 Å². The Labute approximate surface area is 298 Å². The zero-order chi connectivity index (χ0) is 35.4. The van der Waals surface area contributed by atoms with Crippen LogP contribution in [0.3, 0.4) is 0 Å². The summed E-state index contributed by atoms with van der Waals surface area (Å²) >= 11 is 1.74. The highest BCUT2D eigenvalue weighted by atomic mass is 32.2. The molecule has 0 radical (unpaired) electrons. The van der Waals surface area contributed by atoms with Crippen LogP contribution in [0.1, 0.15) is 139 Å². The summed E-state index contributed by atoms with van der Waals surface area (Å²) in [7, 11) is -3.67. The number of hydrogen-bond donors (Lipinski definition) is 1. The Hall–Kier alpha value is -2.48. The highest BCUT2D eigenvalue weighted by Gasteiger charge is 2.16. The molecule has 1 N–H and O–H groups in total. The van der Waals surface area contributed by atoms with Gasteiger partial charge in [-0.25, -0.2) is 4.98 Å². The lowest BCUT2D eigenvalue weighted by atomic mass is 10.0. The fraction of sp³-hybridized carbons (Fsp3) is 0.750. The fourth-order valence-corrected chi connectivity index (χ4v) is 5.93. The molecule has 3 aromatic rings. The van der Waals surface area contributed by atoms with E-state index >= 15 is 0 Å². The molecule has 3 aromatic heterocycles. The number of aromatic nitrogens is 3. The predicted molar refractivity (Wildman–Crippen MR) is 194 cm³/mol. The van der Waals surface area contributed by atoms with Gasteiger partial charge in [-0.3, -0.25) is 4.55 Å². The Morgan fingerprint density at radius 3 is 1.92 bits per heavy atom. The van der Waals surface area contributed by atoms with Gasteiger partial charge >= 0.3 is 0 Å². The number of aryl methyl sites for hydroxylation is 3. The topological polar surface area (TPSA) is 147 Å². The summed E-state index contributed by atoms with van der Waals surface area (Å²) < 4.78 is 54.4. The van der Waals surface area contributed by atoms with Crippen molar-refractivity contribution in [1.29, 1.82) is 0 Å². The lowest BCUT2D eigenvalue weighted by Gasteiger charge is -2.17. The van der Waals surface area contributed by atoms with Gasteiger partial charge in [0, 0.05) is 36.7 Å². The molecule has 49 heavy (non-hydrogen) atoms. The van der Waals surface area contributed by atoms with E-state index in [1.165, 1.54) is 101 Å². The second-order valence-corrected chi connectivity index (χ2v) is 15.1. The van der Waals surface area contributed by atoms with Crippen molar-refractivity contribution in [2.45, 2.75) is 148 Å². The molecule has 280 valence electrons. The minimum Gasteiger partial charge on any atom is -0.471 e. The predicted octanol–water partition coefficient (Wildman–Crippen LogP) is 9.60. The Morgan fingerprint density at radius 2 is 1.35 bits per heavy atom. The third-order valence-corrected chi connectivity index (χ3v) is 8.68. The van der Waals surface area contributed by atoms with Crippen LogP contribution in [0.2, 0.25) is 0 Å². The zero-order valence-corrected chi connectivity index (χ0v) is 31.7. The van der Waals surface area contributed by atoms with E-state index in [9.17, 15) is 8.42 Å². The summed E-state index contributed by atoms with van der Waals surface area (Å²) in [6.45, 7) is 5.50. The maximum atomic E-state index is 9.19. The van der Waals surface area contributed by atoms with E-state index in [1.807, 2.05) is 24.6 Å². The van der Waals surface area contributed by atoms with E-state index in [4.69, 9.17) is 27.8 Å². The summed E-state index contributed by atoms with van der Waals surface area (Å²) in [5.74, 6) is 2.49. The molecule has 13 heteroatoms. The van der Waals surface area contributed by atoms with E-state index in [-0.39, 0.29) is 12.7 Å². The number of nitrogens with zero attached hydrogens (tertiary/aromatic N) is 3. The van der Waals surface area contributed by atoms with E-state index in [2.05, 4.69) is 22.2 Å². The molecule has 0 saturated carbocycles. The summed E-state index contributed by atoms with van der Waals surface area (Å²) in [6, 6.07) is 3.66. The second kappa shape index (κ2) is 27.3. The first-order valence-electron chi connectivity index (χ1n) is 18.3. The average Bonchev–Trinajstić information content (AvgIpc) is 3.83. The van der Waals surface area contributed by atoms with E-state index in [1.54, 1.807) is 17.4 Å². The van der Waals surface area contributed by atoms with Crippen LogP contribution in [0.25, 0.3) is 0 Å². The van der Waals surface area contributed by atoms with Gasteiger partial charge in [0.15, 0.2) is 6.10 Å². The van der Waals surface area contributed by atoms with E-state index < -0.39 is 10.1 Å². The number of thiazole rings is 1. The van der Waals surface area contributed by atoms with Gasteiger partial charge in [-0.2, -0.15) is 8.42 Å². The van der Waals surface area contributed by atoms with Crippen LogP contribution in [0.15, 0.2) is 32.8 Å². The molecule has 3 heterocycles. The van der Waals surface area contributed by atoms with Gasteiger partial charge in [-0.05, 0) is 42.9 Å². The Morgan fingerprint density at radius 1 is 0.776 bits per heavy atom. The maximum Gasteiger partial charge on any atom is 0.261 e. The van der Waals surface area contributed by atoms with Gasteiger partial charge in [0.25, 0.3) is 21.9 Å². The maximum absolute atomic E-state index is 9.19. The van der Waals surface area contributed by atoms with Crippen molar-refractivity contribution in [1.82, 2.24) is 15.3 Å². The first kappa shape index (κ1) is 42.7. The van der Waals surface area contributed by atoms with Gasteiger partial charge in [0.2, 0.25) is 0 Å². The van der Waals surface area contributed by atoms with Crippen molar-refractivity contribution in [2.24, 2.45) is 0 Å². The number of ether oxygens (including phenoxy) is 3. The number of rotatable bonds is 29. The van der Waals surface area contributed by atoms with E-state index in [0.29, 0.717) is 37.0 Å². The number of hydrogen-bond acceptors (Lipinski definition) is 11. The third kappa shape index (κ3) is 25.2. The fourth-order valence-electron chi connectivity index (χ4n) is 5.26. The molecule has 0 saturated heterocycles. The van der Waals surface area contributed by atoms with Crippen molar-refractivity contribution < 1.29 is 36.2 Å². The van der Waals surface area contributed by atoms with Crippen LogP contribution in [-0.2, 0) is 27.7 Å². The van der Waals surface area contributed by atoms with Gasteiger partial charge in [-0.1, -0.05) is 103 Å². The Kier molecular flexibility index (Phi) is 23.8. The van der Waals surface area contributed by atoms with Crippen LogP contribution in [0.4, 0.5) is 0 Å². The minimum atomic E-state index is -3.67. The van der Waals surface area contributed by atoms with Crippen molar-refractivity contribution in [2.75, 3.05) is 26.1 Å². The third-order valence-electron chi connectivity index (χ3n) is 7.84. The van der Waals surface area contributed by atoms with Crippen LogP contribution in [-0.4, -0.2) is 60.4 Å². The summed E-state index contributed by atoms with van der Waals surface area (Å²) in [5, 5.41) is 11.3. The molecule has 0 amide bonds. The van der Waals surface area contributed by atoms with Crippen molar-refractivity contribution >= 4 is 21.5 Å². The van der Waals surface area contributed by atoms with Crippen molar-refractivity contribution in [3.63, 3.8) is 0 Å². The quantitative estimate of drug-likeness (QED) is 0.0538. The zero-order valence-electron chi connectivity index (χ0n) is 30.1. The normalized spacial score (nSPS) is 12.1. The Balaban J connectivity index is 0.00000155.